The second-order valence-corrected chi connectivity index (χ2v) is 8.93. The zero-order chi connectivity index (χ0) is 19.5. The van der Waals surface area contributed by atoms with Crippen LogP contribution in [-0.4, -0.2) is 25.8 Å². The molecule has 0 unspecified atom stereocenters. The molecule has 0 amide bonds. The second-order valence-electron chi connectivity index (χ2n) is 7.38. The summed E-state index contributed by atoms with van der Waals surface area (Å²) in [6.45, 7) is 5.33. The molecule has 156 valence electrons. The zero-order valence-electron chi connectivity index (χ0n) is 17.4. The lowest BCUT2D eigenvalue weighted by molar-refractivity contribution is 0.396. The molecule has 0 rings (SSSR count). The summed E-state index contributed by atoms with van der Waals surface area (Å²) >= 11 is 0. The molecule has 0 aromatic rings. The quantitative estimate of drug-likeness (QED) is 0.220. The number of nitrogens with two attached hydrogens (primary N) is 1. The van der Waals surface area contributed by atoms with Gasteiger partial charge in [0.05, 0.1) is 0 Å². The first-order chi connectivity index (χ1) is 12.5. The average Bonchev–Trinajstić information content (AvgIpc) is 2.59. The summed E-state index contributed by atoms with van der Waals surface area (Å²) in [5.41, 5.74) is 0. The van der Waals surface area contributed by atoms with E-state index in [4.69, 9.17) is 5.14 Å². The predicted octanol–water partition coefficient (Wildman–Crippen LogP) is 5.94. The van der Waals surface area contributed by atoms with Crippen molar-refractivity contribution in [3.8, 4) is 0 Å². The Morgan fingerprint density at radius 3 is 1.58 bits per heavy atom. The minimum atomic E-state index is -3.52. The van der Waals surface area contributed by atoms with Gasteiger partial charge in [-0.25, -0.2) is 5.14 Å². The van der Waals surface area contributed by atoms with Crippen LogP contribution in [0.2, 0.25) is 0 Å². The molecule has 0 aliphatic heterocycles. The Morgan fingerprint density at radius 2 is 1.12 bits per heavy atom. The molecule has 26 heavy (non-hydrogen) atoms. The van der Waals surface area contributed by atoms with Crippen LogP contribution in [0.15, 0.2) is 12.2 Å². The molecule has 0 radical (unpaired) electrons. The fourth-order valence-electron chi connectivity index (χ4n) is 3.15. The molecule has 0 atom stereocenters. The highest BCUT2D eigenvalue weighted by Gasteiger charge is 2.14. The summed E-state index contributed by atoms with van der Waals surface area (Å²) in [5.74, 6) is 0. The first-order valence-electron chi connectivity index (χ1n) is 10.9. The lowest BCUT2D eigenvalue weighted by Crippen LogP contribution is -2.37. The number of allylic oxidation sites excluding steroid dienone is 2. The van der Waals surface area contributed by atoms with E-state index in [0.717, 1.165) is 19.3 Å². The van der Waals surface area contributed by atoms with Crippen LogP contribution in [0, 0.1) is 0 Å². The lowest BCUT2D eigenvalue weighted by atomic mass is 10.1. The van der Waals surface area contributed by atoms with Crippen molar-refractivity contribution in [2.75, 3.05) is 13.1 Å². The zero-order valence-corrected chi connectivity index (χ0v) is 18.2. The normalized spacial score (nSPS) is 12.5. The van der Waals surface area contributed by atoms with E-state index in [2.05, 4.69) is 19.1 Å². The number of unbranched alkanes of at least 4 members (excludes halogenated alkanes) is 12. The minimum absolute atomic E-state index is 0.532. The van der Waals surface area contributed by atoms with Crippen molar-refractivity contribution in [2.24, 2.45) is 5.14 Å². The number of nitrogens with zero attached hydrogens (tertiary/aromatic N) is 1. The van der Waals surface area contributed by atoms with Gasteiger partial charge < -0.3 is 0 Å². The van der Waals surface area contributed by atoms with Gasteiger partial charge >= 0.3 is 0 Å². The van der Waals surface area contributed by atoms with E-state index in [0.29, 0.717) is 13.1 Å². The number of hydrogen-bond donors (Lipinski definition) is 1. The molecule has 0 spiro atoms. The van der Waals surface area contributed by atoms with E-state index in [1.54, 1.807) is 0 Å². The highest BCUT2D eigenvalue weighted by molar-refractivity contribution is 7.86. The lowest BCUT2D eigenvalue weighted by Gasteiger charge is -2.18. The maximum atomic E-state index is 11.4. The van der Waals surface area contributed by atoms with E-state index in [-0.39, 0.29) is 0 Å². The van der Waals surface area contributed by atoms with Gasteiger partial charge in [0.1, 0.15) is 0 Å². The van der Waals surface area contributed by atoms with Gasteiger partial charge in [0.15, 0.2) is 0 Å². The summed E-state index contributed by atoms with van der Waals surface area (Å²) in [7, 11) is -3.52. The van der Waals surface area contributed by atoms with Crippen molar-refractivity contribution in [1.29, 1.82) is 0 Å². The third kappa shape index (κ3) is 17.0. The molecular formula is C21H44N2O2S. The standard InChI is InChI=1S/C21H44N2O2S/c1-3-5-6-7-8-9-10-11-12-13-14-15-16-17-18-19-21-23(20-4-2)26(22,24)25/h11-12H,3-10,13-21H2,1-2H3,(H2,22,24,25)/b12-11-. The van der Waals surface area contributed by atoms with Gasteiger partial charge in [-0.1, -0.05) is 83.8 Å². The van der Waals surface area contributed by atoms with Gasteiger partial charge in [0, 0.05) is 13.1 Å². The summed E-state index contributed by atoms with van der Waals surface area (Å²) in [6.07, 6.45) is 23.2. The van der Waals surface area contributed by atoms with E-state index in [1.807, 2.05) is 6.92 Å². The molecular weight excluding hydrogens is 344 g/mol. The van der Waals surface area contributed by atoms with Crippen LogP contribution in [0.5, 0.6) is 0 Å². The molecule has 0 aliphatic rings. The van der Waals surface area contributed by atoms with Crippen molar-refractivity contribution < 1.29 is 8.42 Å². The van der Waals surface area contributed by atoms with Gasteiger partial charge in [0.25, 0.3) is 10.2 Å². The Balaban J connectivity index is 3.39. The van der Waals surface area contributed by atoms with Gasteiger partial charge in [-0.05, 0) is 38.5 Å². The molecule has 0 saturated carbocycles. The fourth-order valence-corrected chi connectivity index (χ4v) is 3.97. The molecule has 0 aromatic heterocycles. The summed E-state index contributed by atoms with van der Waals surface area (Å²) in [4.78, 5) is 0. The molecule has 2 N–H and O–H groups in total. The third-order valence-electron chi connectivity index (χ3n) is 4.75. The largest absolute Gasteiger partial charge is 0.276 e. The van der Waals surface area contributed by atoms with Crippen LogP contribution in [0.25, 0.3) is 0 Å². The first kappa shape index (κ1) is 25.6. The Bertz CT molecular complexity index is 422. The van der Waals surface area contributed by atoms with Crippen molar-refractivity contribution in [1.82, 2.24) is 4.31 Å². The van der Waals surface area contributed by atoms with E-state index >= 15 is 0 Å². The molecule has 5 heteroatoms. The van der Waals surface area contributed by atoms with Crippen molar-refractivity contribution in [2.45, 2.75) is 110 Å². The maximum absolute atomic E-state index is 11.4. The van der Waals surface area contributed by atoms with Crippen LogP contribution in [0.1, 0.15) is 110 Å². The summed E-state index contributed by atoms with van der Waals surface area (Å²) < 4.78 is 24.2. The van der Waals surface area contributed by atoms with Gasteiger partial charge in [0.2, 0.25) is 0 Å². The van der Waals surface area contributed by atoms with Crippen LogP contribution in [-0.2, 0) is 10.2 Å². The first-order valence-corrected chi connectivity index (χ1v) is 12.5. The number of rotatable bonds is 19. The summed E-state index contributed by atoms with van der Waals surface area (Å²) in [5, 5.41) is 5.22. The predicted molar refractivity (Wildman–Crippen MR) is 114 cm³/mol. The maximum Gasteiger partial charge on any atom is 0.276 e. The van der Waals surface area contributed by atoms with Gasteiger partial charge in [-0.15, -0.1) is 0 Å². The fraction of sp³-hybridized carbons (Fsp3) is 0.905. The van der Waals surface area contributed by atoms with E-state index < -0.39 is 10.2 Å². The Labute approximate surface area is 163 Å². The van der Waals surface area contributed by atoms with Crippen LogP contribution in [0.3, 0.4) is 0 Å². The second kappa shape index (κ2) is 18.0. The SMILES string of the molecule is CCCCCCCC/C=C\CCCCCCCCN(CCC)S(N)(=O)=O. The Morgan fingerprint density at radius 1 is 0.654 bits per heavy atom. The third-order valence-corrected chi connectivity index (χ3v) is 5.84. The van der Waals surface area contributed by atoms with Crippen LogP contribution < -0.4 is 5.14 Å². The summed E-state index contributed by atoms with van der Waals surface area (Å²) in [6, 6.07) is 0. The van der Waals surface area contributed by atoms with Crippen molar-refractivity contribution in [3.63, 3.8) is 0 Å². The monoisotopic (exact) mass is 388 g/mol. The van der Waals surface area contributed by atoms with Gasteiger partial charge in [-0.2, -0.15) is 12.7 Å². The Hall–Kier alpha value is -0.390. The van der Waals surface area contributed by atoms with Crippen molar-refractivity contribution >= 4 is 10.2 Å². The van der Waals surface area contributed by atoms with E-state index in [1.165, 1.54) is 81.4 Å². The molecule has 0 heterocycles. The highest BCUT2D eigenvalue weighted by atomic mass is 32.2. The molecule has 0 saturated heterocycles. The molecule has 0 fully saturated rings. The smallest absolute Gasteiger partial charge is 0.216 e. The van der Waals surface area contributed by atoms with Crippen molar-refractivity contribution in [3.05, 3.63) is 12.2 Å². The molecule has 0 aliphatic carbocycles. The van der Waals surface area contributed by atoms with Crippen LogP contribution >= 0.6 is 0 Å². The van der Waals surface area contributed by atoms with Crippen LogP contribution in [0.4, 0.5) is 0 Å². The molecule has 4 nitrogen and oxygen atoms in total. The number of hydrogen-bond acceptors (Lipinski definition) is 2. The Kier molecular flexibility index (Phi) is 17.7. The average molecular weight is 389 g/mol. The molecule has 0 aromatic carbocycles. The van der Waals surface area contributed by atoms with E-state index in [9.17, 15) is 8.42 Å². The van der Waals surface area contributed by atoms with Gasteiger partial charge in [-0.3, -0.25) is 0 Å². The highest BCUT2D eigenvalue weighted by Crippen LogP contribution is 2.10. The molecule has 0 bridgehead atoms. The topological polar surface area (TPSA) is 63.4 Å². The minimum Gasteiger partial charge on any atom is -0.216 e.